The molecule has 0 bridgehead atoms. The Morgan fingerprint density at radius 1 is 0.921 bits per heavy atom. The third-order valence-electron chi connectivity index (χ3n) is 5.72. The van der Waals surface area contributed by atoms with Crippen LogP contribution in [-0.4, -0.2) is 50.9 Å². The number of carbonyl (C=O) groups is 2. The molecule has 0 radical (unpaired) electrons. The van der Waals surface area contributed by atoms with Gasteiger partial charge in [-0.2, -0.15) is 17.5 Å². The van der Waals surface area contributed by atoms with Gasteiger partial charge in [0.25, 0.3) is 5.91 Å². The predicted molar refractivity (Wildman–Crippen MR) is 131 cm³/mol. The summed E-state index contributed by atoms with van der Waals surface area (Å²) in [5.74, 6) is -1.79. The fourth-order valence-electron chi connectivity index (χ4n) is 3.75. The number of nitrogens with zero attached hydrogens (tertiary/aromatic N) is 1. The van der Waals surface area contributed by atoms with Gasteiger partial charge >= 0.3 is 12.1 Å². The van der Waals surface area contributed by atoms with Crippen molar-refractivity contribution in [2.45, 2.75) is 17.2 Å². The Morgan fingerprint density at radius 3 is 2.21 bits per heavy atom. The number of nitrogens with one attached hydrogen (secondary N) is 1. The Bertz CT molecular complexity index is 1390. The lowest BCUT2D eigenvalue weighted by molar-refractivity contribution is -0.137. The molecule has 38 heavy (non-hydrogen) atoms. The maximum atomic E-state index is 13.2. The number of hydrogen-bond donors (Lipinski definition) is 1. The van der Waals surface area contributed by atoms with E-state index >= 15 is 0 Å². The van der Waals surface area contributed by atoms with Crippen molar-refractivity contribution in [3.8, 4) is 0 Å². The summed E-state index contributed by atoms with van der Waals surface area (Å²) in [6.07, 6.45) is -6.04. The number of ether oxygens (including phenoxy) is 2. The van der Waals surface area contributed by atoms with Gasteiger partial charge in [-0.3, -0.25) is 4.79 Å². The van der Waals surface area contributed by atoms with Crippen LogP contribution in [0, 0.1) is 0 Å². The Kier molecular flexibility index (Phi) is 8.14. The summed E-state index contributed by atoms with van der Waals surface area (Å²) in [6.45, 7) is 0.960. The first-order chi connectivity index (χ1) is 18.1. The maximum absolute atomic E-state index is 13.2. The summed E-state index contributed by atoms with van der Waals surface area (Å²) in [5, 5.41) is 2.57. The molecule has 0 unspecified atom stereocenters. The number of alkyl halides is 3. The molecule has 1 amide bonds. The quantitative estimate of drug-likeness (QED) is 0.443. The van der Waals surface area contributed by atoms with Crippen LogP contribution in [0.2, 0.25) is 0 Å². The van der Waals surface area contributed by atoms with Crippen molar-refractivity contribution in [2.75, 3.05) is 31.6 Å². The third kappa shape index (κ3) is 6.39. The lowest BCUT2D eigenvalue weighted by Crippen LogP contribution is -2.40. The highest BCUT2D eigenvalue weighted by atomic mass is 32.2. The molecule has 3 aromatic rings. The van der Waals surface area contributed by atoms with Crippen LogP contribution in [0.25, 0.3) is 0 Å². The van der Waals surface area contributed by atoms with Gasteiger partial charge in [0.05, 0.1) is 29.2 Å². The molecule has 1 aliphatic rings. The summed E-state index contributed by atoms with van der Waals surface area (Å²) in [4.78, 5) is 25.9. The SMILES string of the molecule is O=C(O[C@@H](C(=O)Nc1cccc(S(=O)(=O)N2CCOCC2)c1)c1ccccc1)c1ccc(C(F)(F)F)cc1. The molecule has 1 aliphatic heterocycles. The van der Waals surface area contributed by atoms with E-state index in [4.69, 9.17) is 9.47 Å². The van der Waals surface area contributed by atoms with Crippen LogP contribution in [0.3, 0.4) is 0 Å². The van der Waals surface area contributed by atoms with Gasteiger partial charge in [-0.05, 0) is 42.5 Å². The molecule has 12 heteroatoms. The zero-order valence-electron chi connectivity index (χ0n) is 19.9. The van der Waals surface area contributed by atoms with Crippen molar-refractivity contribution < 1.29 is 40.7 Å². The zero-order valence-corrected chi connectivity index (χ0v) is 20.7. The van der Waals surface area contributed by atoms with Gasteiger partial charge in [-0.1, -0.05) is 36.4 Å². The minimum Gasteiger partial charge on any atom is -0.444 e. The minimum atomic E-state index is -4.57. The van der Waals surface area contributed by atoms with Gasteiger partial charge in [0.15, 0.2) is 0 Å². The van der Waals surface area contributed by atoms with Crippen LogP contribution in [0.15, 0.2) is 83.8 Å². The molecule has 0 aromatic heterocycles. The van der Waals surface area contributed by atoms with Crippen molar-refractivity contribution >= 4 is 27.6 Å². The van der Waals surface area contributed by atoms with Gasteiger partial charge < -0.3 is 14.8 Å². The number of benzene rings is 3. The second kappa shape index (κ2) is 11.3. The molecule has 1 atom stereocenters. The van der Waals surface area contributed by atoms with E-state index in [2.05, 4.69) is 5.32 Å². The van der Waals surface area contributed by atoms with Crippen LogP contribution in [-0.2, 0) is 30.5 Å². The normalized spacial score (nSPS) is 15.4. The molecule has 0 spiro atoms. The fraction of sp³-hybridized carbons (Fsp3) is 0.231. The second-order valence-electron chi connectivity index (χ2n) is 8.30. The summed E-state index contributed by atoms with van der Waals surface area (Å²) in [6, 6.07) is 17.1. The van der Waals surface area contributed by atoms with Crippen molar-refractivity contribution in [1.82, 2.24) is 4.31 Å². The smallest absolute Gasteiger partial charge is 0.416 e. The number of amides is 1. The molecule has 0 saturated carbocycles. The van der Waals surface area contributed by atoms with Crippen molar-refractivity contribution in [3.05, 3.63) is 95.6 Å². The molecular weight excluding hydrogens is 525 g/mol. The number of morpholine rings is 1. The van der Waals surface area contributed by atoms with E-state index in [1.54, 1.807) is 30.3 Å². The van der Waals surface area contributed by atoms with Crippen molar-refractivity contribution in [3.63, 3.8) is 0 Å². The summed E-state index contributed by atoms with van der Waals surface area (Å²) in [5.41, 5.74) is -0.651. The highest BCUT2D eigenvalue weighted by Gasteiger charge is 2.31. The summed E-state index contributed by atoms with van der Waals surface area (Å²) >= 11 is 0. The van der Waals surface area contributed by atoms with E-state index in [1.807, 2.05) is 0 Å². The zero-order chi connectivity index (χ0) is 27.3. The van der Waals surface area contributed by atoms with E-state index in [0.717, 1.165) is 24.3 Å². The van der Waals surface area contributed by atoms with Crippen LogP contribution in [0.1, 0.15) is 27.6 Å². The molecule has 200 valence electrons. The molecule has 1 N–H and O–H groups in total. The molecule has 1 heterocycles. The van der Waals surface area contributed by atoms with E-state index in [1.165, 1.54) is 28.6 Å². The van der Waals surface area contributed by atoms with Crippen molar-refractivity contribution in [1.29, 1.82) is 0 Å². The number of sulfonamides is 1. The van der Waals surface area contributed by atoms with Gasteiger partial charge in [0.1, 0.15) is 0 Å². The monoisotopic (exact) mass is 548 g/mol. The lowest BCUT2D eigenvalue weighted by Gasteiger charge is -2.26. The Morgan fingerprint density at radius 2 is 1.58 bits per heavy atom. The van der Waals surface area contributed by atoms with Gasteiger partial charge in [0.2, 0.25) is 16.1 Å². The van der Waals surface area contributed by atoms with Crippen LogP contribution >= 0.6 is 0 Å². The number of halogens is 3. The van der Waals surface area contributed by atoms with Gasteiger partial charge in [-0.25, -0.2) is 13.2 Å². The number of esters is 1. The number of carbonyl (C=O) groups excluding carboxylic acids is 2. The molecule has 3 aromatic carbocycles. The summed E-state index contributed by atoms with van der Waals surface area (Å²) in [7, 11) is -3.83. The maximum Gasteiger partial charge on any atom is 0.416 e. The van der Waals surface area contributed by atoms with Crippen LogP contribution in [0.4, 0.5) is 18.9 Å². The van der Waals surface area contributed by atoms with Gasteiger partial charge in [-0.15, -0.1) is 0 Å². The molecule has 4 rings (SSSR count). The van der Waals surface area contributed by atoms with Crippen LogP contribution < -0.4 is 5.32 Å². The topological polar surface area (TPSA) is 102 Å². The first-order valence-electron chi connectivity index (χ1n) is 11.5. The Hall–Kier alpha value is -3.74. The first kappa shape index (κ1) is 27.3. The molecule has 0 aliphatic carbocycles. The van der Waals surface area contributed by atoms with Gasteiger partial charge in [0, 0.05) is 24.3 Å². The fourth-order valence-corrected chi connectivity index (χ4v) is 5.20. The average molecular weight is 549 g/mol. The number of rotatable bonds is 7. The van der Waals surface area contributed by atoms with E-state index in [0.29, 0.717) is 5.56 Å². The minimum absolute atomic E-state index is 0.0322. The first-order valence-corrected chi connectivity index (χ1v) is 12.9. The predicted octanol–water partition coefficient (Wildman–Crippen LogP) is 4.26. The third-order valence-corrected chi connectivity index (χ3v) is 7.62. The Labute approximate surface area is 217 Å². The van der Waals surface area contributed by atoms with Crippen LogP contribution in [0.5, 0.6) is 0 Å². The average Bonchev–Trinajstić information content (AvgIpc) is 2.92. The molecule has 1 saturated heterocycles. The summed E-state index contributed by atoms with van der Waals surface area (Å²) < 4.78 is 76.4. The Balaban J connectivity index is 1.55. The van der Waals surface area contributed by atoms with Crippen molar-refractivity contribution in [2.24, 2.45) is 0 Å². The molecule has 1 fully saturated rings. The highest BCUT2D eigenvalue weighted by Crippen LogP contribution is 2.30. The standard InChI is InChI=1S/C26H23F3N2O6S/c27-26(28,29)20-11-9-19(10-12-20)25(33)37-23(18-5-2-1-3-6-18)24(32)30-21-7-4-8-22(17-21)38(34,35)31-13-15-36-16-14-31/h1-12,17,23H,13-16H2,(H,30,32)/t23-/m1/s1. The second-order valence-corrected chi connectivity index (χ2v) is 10.2. The highest BCUT2D eigenvalue weighted by molar-refractivity contribution is 7.89. The largest absolute Gasteiger partial charge is 0.444 e. The molecule has 8 nitrogen and oxygen atoms in total. The number of anilines is 1. The van der Waals surface area contributed by atoms with E-state index < -0.39 is 39.7 Å². The van der Waals surface area contributed by atoms with E-state index in [9.17, 15) is 31.2 Å². The van der Waals surface area contributed by atoms with E-state index in [-0.39, 0.29) is 42.4 Å². The lowest BCUT2D eigenvalue weighted by atomic mass is 10.1. The molecular formula is C26H23F3N2O6S. The number of hydrogen-bond acceptors (Lipinski definition) is 6.